The Hall–Kier alpha value is -3.30. The van der Waals surface area contributed by atoms with Gasteiger partial charge >= 0.3 is 12.0 Å². The summed E-state index contributed by atoms with van der Waals surface area (Å²) in [6.07, 6.45) is 1.00. The van der Waals surface area contributed by atoms with Crippen molar-refractivity contribution < 1.29 is 19.1 Å². The van der Waals surface area contributed by atoms with E-state index in [1.165, 1.54) is 0 Å². The first kappa shape index (κ1) is 24.8. The van der Waals surface area contributed by atoms with Crippen molar-refractivity contribution in [2.75, 3.05) is 43.3 Å². The Morgan fingerprint density at radius 3 is 2.60 bits per heavy atom. The normalized spacial score (nSPS) is 17.4. The molecule has 1 saturated heterocycles. The largest absolute Gasteiger partial charge is 0.460 e. The van der Waals surface area contributed by atoms with Crippen molar-refractivity contribution in [3.63, 3.8) is 0 Å². The van der Waals surface area contributed by atoms with E-state index in [-0.39, 0.29) is 24.6 Å². The minimum Gasteiger partial charge on any atom is -0.460 e. The molecule has 0 radical (unpaired) electrons. The van der Waals surface area contributed by atoms with Gasteiger partial charge in [0.1, 0.15) is 6.61 Å². The second-order valence-electron chi connectivity index (χ2n) is 8.39. The van der Waals surface area contributed by atoms with Crippen LogP contribution in [0.4, 0.5) is 16.2 Å². The topological polar surface area (TPSA) is 92.3 Å². The van der Waals surface area contributed by atoms with E-state index in [9.17, 15) is 9.59 Å². The highest BCUT2D eigenvalue weighted by atomic mass is 32.2. The number of amidine groups is 1. The number of aliphatic imine (C=N–C) groups is 1. The van der Waals surface area contributed by atoms with Gasteiger partial charge in [0.25, 0.3) is 0 Å². The number of rotatable bonds is 7. The molecule has 0 aliphatic carbocycles. The van der Waals surface area contributed by atoms with Crippen molar-refractivity contribution >= 4 is 40.3 Å². The lowest BCUT2D eigenvalue weighted by Crippen LogP contribution is -2.42. The number of allylic oxidation sites excluding steroid dienone is 1. The molecule has 8 nitrogen and oxygen atoms in total. The number of hydrogen-bond donors (Lipinski definition) is 2. The Kier molecular flexibility index (Phi) is 8.09. The van der Waals surface area contributed by atoms with Crippen LogP contribution in [0.5, 0.6) is 0 Å². The van der Waals surface area contributed by atoms with Crippen molar-refractivity contribution in [1.82, 2.24) is 4.90 Å². The molecule has 2 aromatic rings. The number of benzene rings is 2. The second kappa shape index (κ2) is 11.4. The highest BCUT2D eigenvalue weighted by Gasteiger charge is 2.37. The summed E-state index contributed by atoms with van der Waals surface area (Å²) in [5.41, 5.74) is 4.58. The lowest BCUT2D eigenvalue weighted by Gasteiger charge is -2.40. The number of nitrogens with zero attached hydrogens (tertiary/aromatic N) is 2. The highest BCUT2D eigenvalue weighted by molar-refractivity contribution is 8.13. The van der Waals surface area contributed by atoms with E-state index in [1.54, 1.807) is 18.9 Å². The number of carbonyl (C=O) groups excluding carboxylic acids is 2. The van der Waals surface area contributed by atoms with Crippen molar-refractivity contribution in [3.05, 3.63) is 70.9 Å². The number of thioether (sulfide) groups is 1. The third-order valence-corrected chi connectivity index (χ3v) is 6.84. The number of anilines is 2. The first-order valence-electron chi connectivity index (χ1n) is 11.6. The van der Waals surface area contributed by atoms with Crippen LogP contribution in [0, 0.1) is 6.92 Å². The van der Waals surface area contributed by atoms with E-state index in [0.717, 1.165) is 40.7 Å². The Labute approximate surface area is 209 Å². The smallest absolute Gasteiger partial charge is 0.338 e. The number of urea groups is 1. The fourth-order valence-corrected chi connectivity index (χ4v) is 5.16. The first-order chi connectivity index (χ1) is 17.0. The lowest BCUT2D eigenvalue weighted by atomic mass is 9.94. The fraction of sp³-hybridized carbons (Fsp3) is 0.346. The predicted molar refractivity (Wildman–Crippen MR) is 140 cm³/mol. The summed E-state index contributed by atoms with van der Waals surface area (Å²) in [6.45, 7) is 5.15. The summed E-state index contributed by atoms with van der Waals surface area (Å²) in [7, 11) is 1.57. The Bertz CT molecular complexity index is 1150. The monoisotopic (exact) mass is 494 g/mol. The van der Waals surface area contributed by atoms with Gasteiger partial charge in [0, 0.05) is 30.8 Å². The number of amides is 2. The summed E-state index contributed by atoms with van der Waals surface area (Å²) in [6, 6.07) is 14.6. The molecule has 4 rings (SSSR count). The number of nitrogens with one attached hydrogen (secondary N) is 2. The van der Waals surface area contributed by atoms with Gasteiger partial charge in [0.2, 0.25) is 0 Å². The van der Waals surface area contributed by atoms with Crippen LogP contribution in [0.3, 0.4) is 0 Å². The number of esters is 1. The molecule has 0 aromatic heterocycles. The molecule has 9 heteroatoms. The summed E-state index contributed by atoms with van der Waals surface area (Å²) < 4.78 is 10.5. The van der Waals surface area contributed by atoms with Crippen LogP contribution in [0.15, 0.2) is 64.8 Å². The molecule has 35 heavy (non-hydrogen) atoms. The van der Waals surface area contributed by atoms with E-state index >= 15 is 0 Å². The van der Waals surface area contributed by atoms with Gasteiger partial charge in [-0.1, -0.05) is 36.0 Å². The van der Waals surface area contributed by atoms with E-state index in [1.807, 2.05) is 62.4 Å². The molecule has 2 aliphatic heterocycles. The average molecular weight is 495 g/mol. The molecule has 1 atom stereocenters. The maximum absolute atomic E-state index is 13.0. The summed E-state index contributed by atoms with van der Waals surface area (Å²) >= 11 is 1.70. The number of aryl methyl sites for hydroxylation is 1. The molecule has 1 fully saturated rings. The van der Waals surface area contributed by atoms with E-state index in [4.69, 9.17) is 14.5 Å². The zero-order valence-electron chi connectivity index (χ0n) is 20.2. The van der Waals surface area contributed by atoms with Gasteiger partial charge in [-0.05, 0) is 55.7 Å². The zero-order valence-corrected chi connectivity index (χ0v) is 21.0. The van der Waals surface area contributed by atoms with Crippen molar-refractivity contribution in [3.8, 4) is 0 Å². The van der Waals surface area contributed by atoms with Gasteiger partial charge < -0.3 is 25.0 Å². The van der Waals surface area contributed by atoms with Crippen LogP contribution in [0.2, 0.25) is 0 Å². The quantitative estimate of drug-likeness (QED) is 0.418. The third kappa shape index (κ3) is 6.04. The molecule has 2 aliphatic rings. The summed E-state index contributed by atoms with van der Waals surface area (Å²) in [4.78, 5) is 32.4. The fourth-order valence-electron chi connectivity index (χ4n) is 4.14. The number of ether oxygens (including phenoxy) is 2. The zero-order chi connectivity index (χ0) is 24.8. The number of methoxy groups -OCH3 is 1. The average Bonchev–Trinajstić information content (AvgIpc) is 2.84. The van der Waals surface area contributed by atoms with Gasteiger partial charge in [0.15, 0.2) is 5.17 Å². The molecule has 0 spiro atoms. The van der Waals surface area contributed by atoms with Crippen LogP contribution >= 0.6 is 11.8 Å². The SMILES string of the molecule is COCCOC(=O)C1=C(C)N=C2SCCCN2C1c1ccc(NC(=O)Nc2cccc(C)c2)cc1. The van der Waals surface area contributed by atoms with E-state index in [0.29, 0.717) is 23.6 Å². The first-order valence-corrected chi connectivity index (χ1v) is 12.5. The second-order valence-corrected chi connectivity index (χ2v) is 9.45. The van der Waals surface area contributed by atoms with Gasteiger partial charge in [0.05, 0.1) is 23.9 Å². The number of carbonyl (C=O) groups is 2. The van der Waals surface area contributed by atoms with Crippen molar-refractivity contribution in [2.24, 2.45) is 4.99 Å². The minimum absolute atomic E-state index is 0.184. The minimum atomic E-state index is -0.386. The van der Waals surface area contributed by atoms with E-state index in [2.05, 4.69) is 15.5 Å². The number of hydrogen-bond acceptors (Lipinski definition) is 7. The molecule has 2 N–H and O–H groups in total. The Morgan fingerprint density at radius 2 is 1.86 bits per heavy atom. The van der Waals surface area contributed by atoms with Crippen LogP contribution in [0.25, 0.3) is 0 Å². The molecule has 0 saturated carbocycles. The van der Waals surface area contributed by atoms with Crippen molar-refractivity contribution in [2.45, 2.75) is 26.3 Å². The lowest BCUT2D eigenvalue weighted by molar-refractivity contribution is -0.141. The standard InChI is InChI=1S/C26H30N4O4S/c1-17-6-4-7-21(16-17)29-25(32)28-20-10-8-19(9-11-20)23-22(24(31)34-14-13-33-3)18(2)27-26-30(23)12-5-15-35-26/h4,6-11,16,23H,5,12-15H2,1-3H3,(H2,28,29,32). The van der Waals surface area contributed by atoms with E-state index < -0.39 is 0 Å². The predicted octanol–water partition coefficient (Wildman–Crippen LogP) is 4.95. The van der Waals surface area contributed by atoms with Gasteiger partial charge in [-0.25, -0.2) is 14.6 Å². The highest BCUT2D eigenvalue weighted by Crippen LogP contribution is 2.40. The van der Waals surface area contributed by atoms with Crippen LogP contribution < -0.4 is 10.6 Å². The molecule has 184 valence electrons. The maximum Gasteiger partial charge on any atom is 0.338 e. The Morgan fingerprint density at radius 1 is 1.09 bits per heavy atom. The molecular weight excluding hydrogens is 464 g/mol. The molecular formula is C26H30N4O4S. The van der Waals surface area contributed by atoms with Gasteiger partial charge in [-0.15, -0.1) is 0 Å². The van der Waals surface area contributed by atoms with Crippen LogP contribution in [0.1, 0.15) is 30.5 Å². The summed E-state index contributed by atoms with van der Waals surface area (Å²) in [5, 5.41) is 6.63. The van der Waals surface area contributed by atoms with Crippen LogP contribution in [-0.4, -0.2) is 54.7 Å². The third-order valence-electron chi connectivity index (χ3n) is 5.76. The molecule has 1 unspecified atom stereocenters. The molecule has 2 aromatic carbocycles. The molecule has 0 bridgehead atoms. The molecule has 2 heterocycles. The number of fused-ring (bicyclic) bond motifs is 1. The molecule has 2 amide bonds. The maximum atomic E-state index is 13.0. The van der Waals surface area contributed by atoms with Gasteiger partial charge in [-0.3, -0.25) is 0 Å². The van der Waals surface area contributed by atoms with Gasteiger partial charge in [-0.2, -0.15) is 0 Å². The summed E-state index contributed by atoms with van der Waals surface area (Å²) in [5.74, 6) is 0.615. The van der Waals surface area contributed by atoms with Crippen molar-refractivity contribution in [1.29, 1.82) is 0 Å². The Balaban J connectivity index is 1.53. The van der Waals surface area contributed by atoms with Crippen LogP contribution in [-0.2, 0) is 14.3 Å².